The Bertz CT molecular complexity index is 682. The van der Waals surface area contributed by atoms with E-state index in [9.17, 15) is 9.90 Å². The largest absolute Gasteiger partial charge is 0.478 e. The summed E-state index contributed by atoms with van der Waals surface area (Å²) in [5, 5.41) is 9.52. The van der Waals surface area contributed by atoms with Crippen LogP contribution in [0.15, 0.2) is 48.5 Å². The summed E-state index contributed by atoms with van der Waals surface area (Å²) < 4.78 is 0. The minimum Gasteiger partial charge on any atom is -0.478 e. The molecule has 0 spiro atoms. The fourth-order valence-corrected chi connectivity index (χ4v) is 4.05. The standard InChI is InChI=1S/C22H26O2/c1-2-6-16-9-11-17(12-10-16)19-13-14-20(22(23)24)21(15-19)18-7-4-3-5-8-18/h3-5,7-8,13-17H,2,6,9-12H2,1H3,(H,23,24). The zero-order valence-corrected chi connectivity index (χ0v) is 14.4. The van der Waals surface area contributed by atoms with Crippen molar-refractivity contribution >= 4 is 5.97 Å². The van der Waals surface area contributed by atoms with Crippen molar-refractivity contribution in [3.8, 4) is 11.1 Å². The van der Waals surface area contributed by atoms with E-state index < -0.39 is 5.97 Å². The van der Waals surface area contributed by atoms with Crippen LogP contribution >= 0.6 is 0 Å². The first-order chi connectivity index (χ1) is 11.7. The second-order valence-electron chi connectivity index (χ2n) is 6.98. The van der Waals surface area contributed by atoms with Gasteiger partial charge < -0.3 is 5.11 Å². The first-order valence-electron chi connectivity index (χ1n) is 9.11. The molecule has 0 heterocycles. The third-order valence-corrected chi connectivity index (χ3v) is 5.37. The van der Waals surface area contributed by atoms with E-state index in [2.05, 4.69) is 13.0 Å². The van der Waals surface area contributed by atoms with Crippen LogP contribution in [0.5, 0.6) is 0 Å². The maximum Gasteiger partial charge on any atom is 0.336 e. The Morgan fingerprint density at radius 1 is 1.04 bits per heavy atom. The Hall–Kier alpha value is -2.09. The molecule has 0 amide bonds. The van der Waals surface area contributed by atoms with Crippen LogP contribution in [-0.4, -0.2) is 11.1 Å². The number of benzene rings is 2. The zero-order valence-electron chi connectivity index (χ0n) is 14.4. The Balaban J connectivity index is 1.87. The maximum absolute atomic E-state index is 11.6. The van der Waals surface area contributed by atoms with Gasteiger partial charge in [-0.2, -0.15) is 0 Å². The van der Waals surface area contributed by atoms with Crippen molar-refractivity contribution in [1.29, 1.82) is 0 Å². The molecule has 0 radical (unpaired) electrons. The van der Waals surface area contributed by atoms with Gasteiger partial charge in [-0.15, -0.1) is 0 Å². The monoisotopic (exact) mass is 322 g/mol. The highest BCUT2D eigenvalue weighted by Crippen LogP contribution is 2.39. The number of aromatic carboxylic acids is 1. The van der Waals surface area contributed by atoms with Crippen molar-refractivity contribution in [3.05, 3.63) is 59.7 Å². The van der Waals surface area contributed by atoms with Crippen molar-refractivity contribution in [2.75, 3.05) is 0 Å². The van der Waals surface area contributed by atoms with E-state index in [1.807, 2.05) is 36.4 Å². The van der Waals surface area contributed by atoms with Gasteiger partial charge in [-0.25, -0.2) is 4.79 Å². The molecule has 2 aromatic carbocycles. The van der Waals surface area contributed by atoms with Crippen LogP contribution < -0.4 is 0 Å². The molecule has 3 rings (SSSR count). The SMILES string of the molecule is CCCC1CCC(c2ccc(C(=O)O)c(-c3ccccc3)c2)CC1. The minimum absolute atomic E-state index is 0.393. The van der Waals surface area contributed by atoms with Crippen molar-refractivity contribution in [2.45, 2.75) is 51.4 Å². The normalized spacial score (nSPS) is 20.7. The lowest BCUT2D eigenvalue weighted by atomic mass is 9.76. The van der Waals surface area contributed by atoms with Crippen LogP contribution in [0, 0.1) is 5.92 Å². The molecular weight excluding hydrogens is 296 g/mol. The number of carboxylic acids is 1. The highest BCUT2D eigenvalue weighted by molar-refractivity contribution is 5.96. The molecule has 2 heteroatoms. The van der Waals surface area contributed by atoms with Crippen LogP contribution in [0.4, 0.5) is 0 Å². The summed E-state index contributed by atoms with van der Waals surface area (Å²) in [6.45, 7) is 2.27. The Labute approximate surface area is 144 Å². The third kappa shape index (κ3) is 3.69. The van der Waals surface area contributed by atoms with Gasteiger partial charge in [0.15, 0.2) is 0 Å². The average molecular weight is 322 g/mol. The number of hydrogen-bond acceptors (Lipinski definition) is 1. The second-order valence-corrected chi connectivity index (χ2v) is 6.98. The lowest BCUT2D eigenvalue weighted by Crippen LogP contribution is -2.13. The molecule has 1 N–H and O–H groups in total. The highest BCUT2D eigenvalue weighted by Gasteiger charge is 2.23. The predicted octanol–water partition coefficient (Wildman–Crippen LogP) is 6.13. The van der Waals surface area contributed by atoms with E-state index in [-0.39, 0.29) is 0 Å². The number of hydrogen-bond donors (Lipinski definition) is 1. The maximum atomic E-state index is 11.6. The highest BCUT2D eigenvalue weighted by atomic mass is 16.4. The molecule has 1 fully saturated rings. The molecule has 0 aliphatic heterocycles. The molecule has 24 heavy (non-hydrogen) atoms. The average Bonchev–Trinajstić information content (AvgIpc) is 2.63. The van der Waals surface area contributed by atoms with Gasteiger partial charge in [0.25, 0.3) is 0 Å². The molecule has 0 atom stereocenters. The van der Waals surface area contributed by atoms with Gasteiger partial charge in [0.1, 0.15) is 0 Å². The van der Waals surface area contributed by atoms with E-state index >= 15 is 0 Å². The summed E-state index contributed by atoms with van der Waals surface area (Å²) in [6, 6.07) is 15.8. The summed E-state index contributed by atoms with van der Waals surface area (Å²) in [5.41, 5.74) is 3.52. The van der Waals surface area contributed by atoms with Crippen LogP contribution in [0.1, 0.15) is 67.3 Å². The number of rotatable bonds is 5. The first kappa shape index (κ1) is 16.8. The van der Waals surface area contributed by atoms with Gasteiger partial charge in [0, 0.05) is 0 Å². The molecule has 2 nitrogen and oxygen atoms in total. The van der Waals surface area contributed by atoms with Gasteiger partial charge in [0.05, 0.1) is 5.56 Å². The van der Waals surface area contributed by atoms with E-state index in [4.69, 9.17) is 0 Å². The Morgan fingerprint density at radius 3 is 2.38 bits per heavy atom. The molecule has 1 saturated carbocycles. The zero-order chi connectivity index (χ0) is 16.9. The summed E-state index contributed by atoms with van der Waals surface area (Å²) in [4.78, 5) is 11.6. The predicted molar refractivity (Wildman–Crippen MR) is 98.4 cm³/mol. The van der Waals surface area contributed by atoms with Crippen molar-refractivity contribution < 1.29 is 9.90 Å². The fraction of sp³-hybridized carbons (Fsp3) is 0.409. The van der Waals surface area contributed by atoms with Gasteiger partial charge in [-0.05, 0) is 60.3 Å². The van der Waals surface area contributed by atoms with E-state index in [0.717, 1.165) is 17.0 Å². The van der Waals surface area contributed by atoms with Crippen LogP contribution in [0.3, 0.4) is 0 Å². The second kappa shape index (κ2) is 7.65. The van der Waals surface area contributed by atoms with Crippen LogP contribution in [0.25, 0.3) is 11.1 Å². The molecule has 2 aromatic rings. The van der Waals surface area contributed by atoms with Gasteiger partial charge in [0.2, 0.25) is 0 Å². The smallest absolute Gasteiger partial charge is 0.336 e. The third-order valence-electron chi connectivity index (χ3n) is 5.37. The number of carbonyl (C=O) groups is 1. The topological polar surface area (TPSA) is 37.3 Å². The molecule has 0 unspecified atom stereocenters. The number of carboxylic acid groups (broad SMARTS) is 1. The Kier molecular flexibility index (Phi) is 5.34. The van der Waals surface area contributed by atoms with Gasteiger partial charge in [-0.1, -0.05) is 62.2 Å². The molecule has 1 aliphatic carbocycles. The van der Waals surface area contributed by atoms with E-state index in [1.54, 1.807) is 6.07 Å². The molecule has 1 aliphatic rings. The molecular formula is C22H26O2. The van der Waals surface area contributed by atoms with Gasteiger partial charge in [-0.3, -0.25) is 0 Å². The van der Waals surface area contributed by atoms with Gasteiger partial charge >= 0.3 is 5.97 Å². The molecule has 0 aromatic heterocycles. The minimum atomic E-state index is -0.855. The van der Waals surface area contributed by atoms with Crippen molar-refractivity contribution in [2.24, 2.45) is 5.92 Å². The molecule has 0 saturated heterocycles. The first-order valence-corrected chi connectivity index (χ1v) is 9.11. The fourth-order valence-electron chi connectivity index (χ4n) is 4.05. The quantitative estimate of drug-likeness (QED) is 0.719. The van der Waals surface area contributed by atoms with Crippen molar-refractivity contribution in [3.63, 3.8) is 0 Å². The lowest BCUT2D eigenvalue weighted by Gasteiger charge is -2.29. The molecule has 126 valence electrons. The molecule has 0 bridgehead atoms. The lowest BCUT2D eigenvalue weighted by molar-refractivity contribution is 0.0697. The van der Waals surface area contributed by atoms with E-state index in [0.29, 0.717) is 11.5 Å². The summed E-state index contributed by atoms with van der Waals surface area (Å²) in [5.74, 6) is 0.605. The summed E-state index contributed by atoms with van der Waals surface area (Å²) in [7, 11) is 0. The van der Waals surface area contributed by atoms with Crippen LogP contribution in [-0.2, 0) is 0 Å². The Morgan fingerprint density at radius 2 is 1.75 bits per heavy atom. The van der Waals surface area contributed by atoms with Crippen molar-refractivity contribution in [1.82, 2.24) is 0 Å². The summed E-state index contributed by atoms with van der Waals surface area (Å²) >= 11 is 0. The summed E-state index contributed by atoms with van der Waals surface area (Å²) in [6.07, 6.45) is 7.69. The van der Waals surface area contributed by atoms with E-state index in [1.165, 1.54) is 44.1 Å². The van der Waals surface area contributed by atoms with Crippen LogP contribution in [0.2, 0.25) is 0 Å².